The number of esters is 2. The number of unbranched alkanes of at least 4 members (excludes halogenated alkanes) is 22. The Kier molecular flexibility index (Phi) is 37.6. The van der Waals surface area contributed by atoms with Crippen LogP contribution in [0.2, 0.25) is 0 Å². The third-order valence-electron chi connectivity index (χ3n) is 9.08. The van der Waals surface area contributed by atoms with E-state index in [1.54, 1.807) is 0 Å². The van der Waals surface area contributed by atoms with Gasteiger partial charge in [-0.2, -0.15) is 0 Å². The zero-order chi connectivity index (χ0) is 39.1. The lowest BCUT2D eigenvalue weighted by Gasteiger charge is -2.20. The first-order valence-corrected chi connectivity index (χ1v) is 22.8. The summed E-state index contributed by atoms with van der Waals surface area (Å²) in [6.07, 6.45) is 37.2. The molecular weight excluding hydrogens is 695 g/mol. The summed E-state index contributed by atoms with van der Waals surface area (Å²) in [5.74, 6) is -0.935. The van der Waals surface area contributed by atoms with Crippen LogP contribution in [0.25, 0.3) is 0 Å². The van der Waals surface area contributed by atoms with Crippen molar-refractivity contribution in [2.75, 3.05) is 26.4 Å². The van der Waals surface area contributed by atoms with E-state index in [4.69, 9.17) is 19.1 Å². The number of aliphatic hydroxyl groups is 2. The number of phosphoric acid groups is 1. The molecule has 0 rings (SSSR count). The van der Waals surface area contributed by atoms with Crippen LogP contribution in [0.5, 0.6) is 0 Å². The maximum Gasteiger partial charge on any atom is 0.472 e. The maximum absolute atomic E-state index is 12.6. The smallest absolute Gasteiger partial charge is 0.462 e. The number of rotatable bonds is 40. The summed E-state index contributed by atoms with van der Waals surface area (Å²) in [5, 5.41) is 18.3. The average molecular weight is 775 g/mol. The molecule has 11 heteroatoms. The Bertz CT molecular complexity index is 941. The van der Waals surface area contributed by atoms with Crippen LogP contribution in [0, 0.1) is 0 Å². The monoisotopic (exact) mass is 775 g/mol. The molecule has 53 heavy (non-hydrogen) atoms. The van der Waals surface area contributed by atoms with Crippen LogP contribution in [0.4, 0.5) is 0 Å². The molecule has 0 saturated carbocycles. The summed E-state index contributed by atoms with van der Waals surface area (Å²) < 4.78 is 32.6. The average Bonchev–Trinajstić information content (AvgIpc) is 3.14. The van der Waals surface area contributed by atoms with Crippen LogP contribution in [-0.4, -0.2) is 65.7 Å². The highest BCUT2D eigenvalue weighted by Gasteiger charge is 2.27. The Morgan fingerprint density at radius 3 is 1.42 bits per heavy atom. The molecule has 3 N–H and O–H groups in total. The number of hydrogen-bond acceptors (Lipinski definition) is 9. The lowest BCUT2D eigenvalue weighted by molar-refractivity contribution is -0.161. The first-order chi connectivity index (χ1) is 25.7. The van der Waals surface area contributed by atoms with Crippen LogP contribution < -0.4 is 0 Å². The van der Waals surface area contributed by atoms with E-state index in [1.807, 2.05) is 0 Å². The van der Waals surface area contributed by atoms with Gasteiger partial charge in [-0.25, -0.2) is 4.57 Å². The molecule has 0 fully saturated rings. The molecule has 0 aliphatic rings. The number of hydrogen-bond donors (Lipinski definition) is 3. The normalized spacial score (nSPS) is 14.1. The molecule has 0 spiro atoms. The van der Waals surface area contributed by atoms with Crippen molar-refractivity contribution in [2.45, 2.75) is 206 Å². The minimum atomic E-state index is -4.61. The number of carbonyl (C=O) groups excluding carboxylic acids is 2. The van der Waals surface area contributed by atoms with Crippen LogP contribution in [0.1, 0.15) is 194 Å². The highest BCUT2D eigenvalue weighted by Crippen LogP contribution is 2.43. The molecule has 0 aromatic rings. The number of phosphoric ester groups is 1. The van der Waals surface area contributed by atoms with Gasteiger partial charge in [0, 0.05) is 12.8 Å². The van der Waals surface area contributed by atoms with E-state index < -0.39 is 51.8 Å². The highest BCUT2D eigenvalue weighted by molar-refractivity contribution is 7.47. The lowest BCUT2D eigenvalue weighted by Crippen LogP contribution is -2.29. The number of ether oxygens (including phenoxy) is 2. The van der Waals surface area contributed by atoms with Gasteiger partial charge in [0.1, 0.15) is 12.7 Å². The second kappa shape index (κ2) is 38.7. The van der Waals surface area contributed by atoms with Gasteiger partial charge < -0.3 is 24.6 Å². The summed E-state index contributed by atoms with van der Waals surface area (Å²) >= 11 is 0. The molecule has 0 heterocycles. The van der Waals surface area contributed by atoms with Crippen molar-refractivity contribution in [2.24, 2.45) is 0 Å². The van der Waals surface area contributed by atoms with Gasteiger partial charge in [-0.05, 0) is 57.8 Å². The van der Waals surface area contributed by atoms with Gasteiger partial charge in [0.05, 0.1) is 19.8 Å². The standard InChI is InChI=1S/C42H79O10P/c1-3-5-7-9-11-13-15-16-17-18-19-20-21-22-24-26-28-30-32-34-42(46)52-40(38-51-53(47,48)50-36-39(44)35-43)37-49-41(45)33-31-29-27-25-23-14-12-10-8-6-4-2/h10,12,16-17,39-40,43-44H,3-9,11,13-15,18-38H2,1-2H3,(H,47,48)/b12-10+,17-16+/t39-,40+/m0/s1. The zero-order valence-corrected chi connectivity index (χ0v) is 34.6. The number of aliphatic hydroxyl groups excluding tert-OH is 2. The van der Waals surface area contributed by atoms with E-state index in [9.17, 15) is 24.2 Å². The lowest BCUT2D eigenvalue weighted by atomic mass is 10.1. The molecule has 0 saturated heterocycles. The van der Waals surface area contributed by atoms with Crippen molar-refractivity contribution >= 4 is 19.8 Å². The summed E-state index contributed by atoms with van der Waals surface area (Å²) in [4.78, 5) is 34.9. The SMILES string of the molecule is CCCC/C=C/CCCCCCCC(=O)OC[C@H](COP(=O)(O)OC[C@@H](O)CO)OC(=O)CCCCCCCCCCC/C=C/CCCCCCCC. The van der Waals surface area contributed by atoms with Crippen molar-refractivity contribution in [1.29, 1.82) is 0 Å². The van der Waals surface area contributed by atoms with E-state index in [1.165, 1.54) is 96.3 Å². The summed E-state index contributed by atoms with van der Waals surface area (Å²) in [5.41, 5.74) is 0. The molecule has 0 aliphatic carbocycles. The summed E-state index contributed by atoms with van der Waals surface area (Å²) in [7, 11) is -4.61. The maximum atomic E-state index is 12.6. The van der Waals surface area contributed by atoms with Gasteiger partial charge in [0.2, 0.25) is 0 Å². The Hall–Kier alpha value is -1.55. The molecule has 0 aromatic heterocycles. The van der Waals surface area contributed by atoms with E-state index in [-0.39, 0.29) is 19.4 Å². The van der Waals surface area contributed by atoms with Gasteiger partial charge in [0.15, 0.2) is 6.10 Å². The van der Waals surface area contributed by atoms with Crippen LogP contribution in [0.15, 0.2) is 24.3 Å². The quantitative estimate of drug-likeness (QED) is 0.0238. The third kappa shape index (κ3) is 38.5. The molecule has 0 amide bonds. The van der Waals surface area contributed by atoms with Crippen molar-refractivity contribution in [3.63, 3.8) is 0 Å². The van der Waals surface area contributed by atoms with Crippen LogP contribution in [-0.2, 0) is 32.7 Å². The van der Waals surface area contributed by atoms with Crippen LogP contribution >= 0.6 is 7.82 Å². The van der Waals surface area contributed by atoms with E-state index in [0.717, 1.165) is 57.8 Å². The molecule has 1 unspecified atom stereocenters. The van der Waals surface area contributed by atoms with Crippen molar-refractivity contribution < 1.29 is 47.8 Å². The topological polar surface area (TPSA) is 149 Å². The summed E-state index contributed by atoms with van der Waals surface area (Å²) in [6.45, 7) is 2.33. The van der Waals surface area contributed by atoms with E-state index in [2.05, 4.69) is 42.7 Å². The summed E-state index contributed by atoms with van der Waals surface area (Å²) in [6, 6.07) is 0. The van der Waals surface area contributed by atoms with Gasteiger partial charge in [-0.15, -0.1) is 0 Å². The Morgan fingerprint density at radius 2 is 0.943 bits per heavy atom. The van der Waals surface area contributed by atoms with Gasteiger partial charge in [-0.1, -0.05) is 147 Å². The largest absolute Gasteiger partial charge is 0.472 e. The fourth-order valence-electron chi connectivity index (χ4n) is 5.73. The minimum absolute atomic E-state index is 0.182. The molecule has 0 aliphatic heterocycles. The Labute approximate surface area is 323 Å². The highest BCUT2D eigenvalue weighted by atomic mass is 31.2. The predicted octanol–water partition coefficient (Wildman–Crippen LogP) is 11.0. The van der Waals surface area contributed by atoms with E-state index in [0.29, 0.717) is 12.8 Å². The minimum Gasteiger partial charge on any atom is -0.462 e. The molecule has 0 aromatic carbocycles. The van der Waals surface area contributed by atoms with E-state index >= 15 is 0 Å². The molecule has 0 bridgehead atoms. The second-order valence-corrected chi connectivity index (χ2v) is 15.8. The molecular formula is C42H79O10P. The fraction of sp³-hybridized carbons (Fsp3) is 0.857. The van der Waals surface area contributed by atoms with Crippen molar-refractivity contribution in [1.82, 2.24) is 0 Å². The molecule has 312 valence electrons. The first kappa shape index (κ1) is 51.5. The van der Waals surface area contributed by atoms with Crippen molar-refractivity contribution in [3.8, 4) is 0 Å². The molecule has 10 nitrogen and oxygen atoms in total. The van der Waals surface area contributed by atoms with Crippen LogP contribution in [0.3, 0.4) is 0 Å². The Morgan fingerprint density at radius 1 is 0.547 bits per heavy atom. The second-order valence-electron chi connectivity index (χ2n) is 14.4. The third-order valence-corrected chi connectivity index (χ3v) is 10.0. The predicted molar refractivity (Wildman–Crippen MR) is 215 cm³/mol. The fourth-order valence-corrected chi connectivity index (χ4v) is 6.52. The van der Waals surface area contributed by atoms with Crippen molar-refractivity contribution in [3.05, 3.63) is 24.3 Å². The number of carbonyl (C=O) groups is 2. The zero-order valence-electron chi connectivity index (χ0n) is 33.7. The Balaban J connectivity index is 4.26. The molecule has 0 radical (unpaired) electrons. The van der Waals surface area contributed by atoms with Gasteiger partial charge >= 0.3 is 19.8 Å². The first-order valence-electron chi connectivity index (χ1n) is 21.3. The van der Waals surface area contributed by atoms with Gasteiger partial charge in [0.25, 0.3) is 0 Å². The molecule has 3 atom stereocenters. The number of allylic oxidation sites excluding steroid dienone is 4. The van der Waals surface area contributed by atoms with Gasteiger partial charge in [-0.3, -0.25) is 18.6 Å².